The maximum Gasteiger partial charge on any atom is 0.337 e. The van der Waals surface area contributed by atoms with Gasteiger partial charge in [0.1, 0.15) is 16.5 Å². The van der Waals surface area contributed by atoms with Crippen molar-refractivity contribution in [3.05, 3.63) is 82.4 Å². The summed E-state index contributed by atoms with van der Waals surface area (Å²) < 4.78 is 20.6. The number of nitrogens with one attached hydrogen (secondary N) is 1. The fourth-order valence-electron chi connectivity index (χ4n) is 3.13. The number of hydrogen-bond donors (Lipinski definition) is 2. The van der Waals surface area contributed by atoms with E-state index < -0.39 is 5.97 Å². The second-order valence-electron chi connectivity index (χ2n) is 8.76. The maximum atomic E-state index is 12.7. The molecule has 0 aliphatic heterocycles. The van der Waals surface area contributed by atoms with Crippen molar-refractivity contribution in [2.75, 3.05) is 25.3 Å². The number of nitrogens with two attached hydrogens (primary N) is 1. The second kappa shape index (κ2) is 16.0. The van der Waals surface area contributed by atoms with Gasteiger partial charge in [0.05, 0.1) is 37.6 Å². The number of methoxy groups -OCH3 is 2. The van der Waals surface area contributed by atoms with Crippen molar-refractivity contribution in [1.82, 2.24) is 0 Å². The first-order valence-corrected chi connectivity index (χ1v) is 12.4. The van der Waals surface area contributed by atoms with E-state index >= 15 is 0 Å². The molecule has 0 unspecified atom stereocenters. The molecule has 1 amide bonds. The van der Waals surface area contributed by atoms with E-state index in [-0.39, 0.29) is 31.5 Å². The Kier molecular flexibility index (Phi) is 13.5. The van der Waals surface area contributed by atoms with Gasteiger partial charge in [-0.3, -0.25) is 4.79 Å². The number of esters is 2. The van der Waals surface area contributed by atoms with E-state index in [4.69, 9.17) is 26.8 Å². The van der Waals surface area contributed by atoms with E-state index in [9.17, 15) is 14.4 Å². The topological polar surface area (TPSA) is 126 Å². The summed E-state index contributed by atoms with van der Waals surface area (Å²) in [7, 11) is 2.66. The molecule has 0 aliphatic rings. The van der Waals surface area contributed by atoms with Gasteiger partial charge in [-0.15, -0.1) is 0 Å². The number of benzene rings is 3. The maximum absolute atomic E-state index is 12.7. The normalized spacial score (nSPS) is 10.0. The average Bonchev–Trinajstić information content (AvgIpc) is 2.90. The van der Waals surface area contributed by atoms with E-state index in [0.717, 1.165) is 0 Å². The predicted molar refractivity (Wildman–Crippen MR) is 158 cm³/mol. The lowest BCUT2D eigenvalue weighted by Gasteiger charge is -2.18. The number of halogens is 1. The Bertz CT molecular complexity index is 1240. The summed E-state index contributed by atoms with van der Waals surface area (Å²) in [6.07, 6.45) is -0.234. The number of hydrogen-bond acceptors (Lipinski definition) is 8. The Morgan fingerprint density at radius 2 is 1.12 bits per heavy atom. The van der Waals surface area contributed by atoms with Gasteiger partial charge in [-0.25, -0.2) is 9.59 Å². The lowest BCUT2D eigenvalue weighted by Crippen LogP contribution is -2.15. The van der Waals surface area contributed by atoms with Crippen molar-refractivity contribution >= 4 is 40.8 Å². The Hall–Kier alpha value is -4.24. The molecule has 9 nitrogen and oxygen atoms in total. The number of carbonyl (C=O) groups excluding carboxylic acids is 3. The average molecular weight is 573 g/mol. The Labute approximate surface area is 240 Å². The third-order valence-corrected chi connectivity index (χ3v) is 5.26. The van der Waals surface area contributed by atoms with Crippen molar-refractivity contribution in [3.63, 3.8) is 0 Å². The number of amides is 1. The molecule has 3 aromatic rings. The number of carbonyl (C=O) groups is 3. The molecule has 3 rings (SSSR count). The van der Waals surface area contributed by atoms with Crippen LogP contribution in [-0.2, 0) is 9.47 Å². The SMILES string of the molecule is C.COC(=O)c1ccc(N)cc1.COC(=O)c1ccc(NC(=O)c2cc(OC(C)C)c(Cl)c(OC(C)C)c2)cc1. The Morgan fingerprint density at radius 3 is 1.50 bits per heavy atom. The summed E-state index contributed by atoms with van der Waals surface area (Å²) in [5.74, 6) is -0.391. The van der Waals surface area contributed by atoms with Crippen molar-refractivity contribution in [1.29, 1.82) is 0 Å². The van der Waals surface area contributed by atoms with Gasteiger partial charge in [-0.05, 0) is 88.4 Å². The van der Waals surface area contributed by atoms with Gasteiger partial charge in [0.25, 0.3) is 5.91 Å². The highest BCUT2D eigenvalue weighted by molar-refractivity contribution is 6.33. The third-order valence-electron chi connectivity index (χ3n) is 4.89. The minimum Gasteiger partial charge on any atom is -0.489 e. The lowest BCUT2D eigenvalue weighted by molar-refractivity contribution is 0.0592. The van der Waals surface area contributed by atoms with E-state index in [1.807, 2.05) is 27.7 Å². The number of nitrogen functional groups attached to an aromatic ring is 1. The smallest absolute Gasteiger partial charge is 0.337 e. The standard InChI is InChI=1S/C21H24ClNO5.C8H9NO2.CH4/c1-12(2)27-17-10-15(11-18(19(17)22)28-13(3)4)20(24)23-16-8-6-14(7-9-16)21(25)26-5;1-11-8(10)6-2-4-7(9)5-3-6;/h6-13H,1-5H3,(H,23,24);2-5H,9H2,1H3;1H4. The van der Waals surface area contributed by atoms with E-state index in [1.54, 1.807) is 60.7 Å². The highest BCUT2D eigenvalue weighted by Gasteiger charge is 2.18. The molecule has 0 fully saturated rings. The van der Waals surface area contributed by atoms with Crippen molar-refractivity contribution in [2.45, 2.75) is 47.3 Å². The number of ether oxygens (including phenoxy) is 4. The summed E-state index contributed by atoms with van der Waals surface area (Å²) in [4.78, 5) is 35.1. The zero-order valence-electron chi connectivity index (χ0n) is 22.7. The van der Waals surface area contributed by atoms with Crippen LogP contribution in [0.5, 0.6) is 11.5 Å². The quantitative estimate of drug-likeness (QED) is 0.227. The molecular weight excluding hydrogens is 536 g/mol. The van der Waals surface area contributed by atoms with Gasteiger partial charge in [0, 0.05) is 16.9 Å². The molecule has 0 heterocycles. The van der Waals surface area contributed by atoms with Crippen LogP contribution in [-0.4, -0.2) is 44.3 Å². The molecule has 10 heteroatoms. The molecule has 0 aromatic heterocycles. The fraction of sp³-hybridized carbons (Fsp3) is 0.300. The van der Waals surface area contributed by atoms with Crippen LogP contribution in [0.15, 0.2) is 60.7 Å². The minimum absolute atomic E-state index is 0. The Balaban J connectivity index is 0.000000559. The second-order valence-corrected chi connectivity index (χ2v) is 9.13. The van der Waals surface area contributed by atoms with Crippen LogP contribution in [0.2, 0.25) is 5.02 Å². The Morgan fingerprint density at radius 1 is 0.725 bits per heavy atom. The van der Waals surface area contributed by atoms with Gasteiger partial charge in [0.2, 0.25) is 0 Å². The molecule has 3 aromatic carbocycles. The molecule has 40 heavy (non-hydrogen) atoms. The molecule has 3 N–H and O–H groups in total. The van der Waals surface area contributed by atoms with Gasteiger partial charge < -0.3 is 30.0 Å². The lowest BCUT2D eigenvalue weighted by atomic mass is 10.1. The van der Waals surface area contributed by atoms with Crippen LogP contribution < -0.4 is 20.5 Å². The highest BCUT2D eigenvalue weighted by Crippen LogP contribution is 2.37. The third kappa shape index (κ3) is 10.1. The molecule has 0 atom stereocenters. The zero-order chi connectivity index (χ0) is 29.1. The van der Waals surface area contributed by atoms with Crippen molar-refractivity contribution < 1.29 is 33.3 Å². The predicted octanol–water partition coefficient (Wildman–Crippen LogP) is 6.64. The number of anilines is 2. The zero-order valence-corrected chi connectivity index (χ0v) is 23.5. The van der Waals surface area contributed by atoms with E-state index in [1.165, 1.54) is 14.2 Å². The first-order chi connectivity index (χ1) is 18.4. The van der Waals surface area contributed by atoms with Crippen LogP contribution in [0.4, 0.5) is 11.4 Å². The summed E-state index contributed by atoms with van der Waals surface area (Å²) in [5.41, 5.74) is 7.84. The fourth-order valence-corrected chi connectivity index (χ4v) is 3.33. The summed E-state index contributed by atoms with van der Waals surface area (Å²) >= 11 is 6.37. The largest absolute Gasteiger partial charge is 0.489 e. The van der Waals surface area contributed by atoms with Gasteiger partial charge >= 0.3 is 11.9 Å². The van der Waals surface area contributed by atoms with Crippen LogP contribution in [0.1, 0.15) is 66.2 Å². The first-order valence-electron chi connectivity index (χ1n) is 12.1. The molecule has 0 aliphatic carbocycles. The van der Waals surface area contributed by atoms with Crippen LogP contribution in [0, 0.1) is 0 Å². The molecule has 216 valence electrons. The van der Waals surface area contributed by atoms with Gasteiger partial charge in [0.15, 0.2) is 0 Å². The van der Waals surface area contributed by atoms with Crippen LogP contribution in [0.3, 0.4) is 0 Å². The van der Waals surface area contributed by atoms with Crippen molar-refractivity contribution in [3.8, 4) is 11.5 Å². The van der Waals surface area contributed by atoms with Crippen LogP contribution in [0.25, 0.3) is 0 Å². The molecule has 0 saturated heterocycles. The molecule has 0 spiro atoms. The first kappa shape index (κ1) is 33.8. The van der Waals surface area contributed by atoms with Crippen molar-refractivity contribution in [2.24, 2.45) is 0 Å². The highest BCUT2D eigenvalue weighted by atomic mass is 35.5. The van der Waals surface area contributed by atoms with Gasteiger partial charge in [-0.1, -0.05) is 19.0 Å². The number of rotatable bonds is 8. The molecular formula is C30H37ClN2O7. The minimum atomic E-state index is -0.443. The monoisotopic (exact) mass is 572 g/mol. The summed E-state index contributed by atoms with van der Waals surface area (Å²) in [6.45, 7) is 7.48. The molecule has 0 radical (unpaired) electrons. The van der Waals surface area contributed by atoms with Gasteiger partial charge in [-0.2, -0.15) is 0 Å². The molecule has 0 bridgehead atoms. The molecule has 0 saturated carbocycles. The summed E-state index contributed by atoms with van der Waals surface area (Å²) in [5, 5.41) is 3.10. The van der Waals surface area contributed by atoms with E-state index in [2.05, 4.69) is 14.8 Å². The summed E-state index contributed by atoms with van der Waals surface area (Å²) in [6, 6.07) is 16.1. The van der Waals surface area contributed by atoms with E-state index in [0.29, 0.717) is 44.6 Å². The van der Waals surface area contributed by atoms with Crippen LogP contribution >= 0.6 is 11.6 Å².